The van der Waals surface area contributed by atoms with Gasteiger partial charge in [0.05, 0.1) is 5.69 Å². The predicted molar refractivity (Wildman–Crippen MR) is 80.4 cm³/mol. The molecule has 0 fully saturated rings. The Morgan fingerprint density at radius 3 is 2.75 bits per heavy atom. The monoisotopic (exact) mass is 287 g/mol. The summed E-state index contributed by atoms with van der Waals surface area (Å²) in [5.74, 6) is 0.413. The molecule has 0 bridgehead atoms. The summed E-state index contributed by atoms with van der Waals surface area (Å²) in [5.41, 5.74) is 3.86. The van der Waals surface area contributed by atoms with Crippen LogP contribution < -0.4 is 5.56 Å². The Balaban J connectivity index is 2.22. The molecule has 0 radical (unpaired) electrons. The Labute approximate surface area is 121 Å². The van der Waals surface area contributed by atoms with Gasteiger partial charge in [-0.2, -0.15) is 0 Å². The van der Waals surface area contributed by atoms with Crippen LogP contribution in [0, 0.1) is 6.92 Å². The zero-order valence-electron chi connectivity index (χ0n) is 11.1. The Bertz CT molecular complexity index is 805. The second-order valence-corrected chi connectivity index (χ2v) is 5.03. The van der Waals surface area contributed by atoms with Gasteiger partial charge in [0.15, 0.2) is 5.65 Å². The first-order chi connectivity index (χ1) is 9.70. The maximum Gasteiger partial charge on any atom is 0.276 e. The number of aromatic nitrogens is 3. The number of nitrogens with zero attached hydrogens (tertiary/aromatic N) is 2. The van der Waals surface area contributed by atoms with Crippen molar-refractivity contribution in [1.82, 2.24) is 14.6 Å². The van der Waals surface area contributed by atoms with E-state index in [-0.39, 0.29) is 5.56 Å². The molecular formula is C15H14ClN3O. The number of hydrogen-bond donors (Lipinski definition) is 1. The van der Waals surface area contributed by atoms with Crippen molar-refractivity contribution in [3.05, 3.63) is 58.0 Å². The van der Waals surface area contributed by atoms with Gasteiger partial charge in [-0.15, -0.1) is 11.6 Å². The summed E-state index contributed by atoms with van der Waals surface area (Å²) in [6, 6.07) is 11.7. The Morgan fingerprint density at radius 2 is 2.05 bits per heavy atom. The van der Waals surface area contributed by atoms with Gasteiger partial charge in [0, 0.05) is 23.2 Å². The number of aryl methyl sites for hydroxylation is 1. The molecule has 102 valence electrons. The minimum absolute atomic E-state index is 0.0738. The molecule has 3 aromatic rings. The number of aromatic amines is 1. The molecule has 4 nitrogen and oxygen atoms in total. The van der Waals surface area contributed by atoms with Gasteiger partial charge < -0.3 is 0 Å². The standard InChI is InChI=1S/C15H14ClN3O/c1-10-12(7-8-16)15(20)19-14(17-10)9-13(18-19)11-5-3-2-4-6-11/h2-6,9,18H,7-8H2,1H3. The van der Waals surface area contributed by atoms with Gasteiger partial charge in [-0.1, -0.05) is 30.3 Å². The van der Waals surface area contributed by atoms with Crippen LogP contribution in [-0.4, -0.2) is 20.5 Å². The zero-order chi connectivity index (χ0) is 14.1. The van der Waals surface area contributed by atoms with Crippen LogP contribution in [0.25, 0.3) is 16.9 Å². The highest BCUT2D eigenvalue weighted by Gasteiger charge is 2.12. The van der Waals surface area contributed by atoms with Crippen LogP contribution in [0.1, 0.15) is 11.3 Å². The number of alkyl halides is 1. The second-order valence-electron chi connectivity index (χ2n) is 4.65. The van der Waals surface area contributed by atoms with Crippen LogP contribution in [0.5, 0.6) is 0 Å². The average Bonchev–Trinajstić information content (AvgIpc) is 2.88. The van der Waals surface area contributed by atoms with Gasteiger partial charge in [-0.3, -0.25) is 9.89 Å². The van der Waals surface area contributed by atoms with Gasteiger partial charge >= 0.3 is 0 Å². The van der Waals surface area contributed by atoms with Crippen molar-refractivity contribution in [2.45, 2.75) is 13.3 Å². The SMILES string of the molecule is Cc1nc2cc(-c3ccccc3)[nH]n2c(=O)c1CCCl. The first-order valence-corrected chi connectivity index (χ1v) is 6.97. The van der Waals surface area contributed by atoms with Crippen LogP contribution >= 0.6 is 11.6 Å². The molecule has 1 N–H and O–H groups in total. The summed E-state index contributed by atoms with van der Waals surface area (Å²) in [6.45, 7) is 1.85. The fraction of sp³-hybridized carbons (Fsp3) is 0.200. The van der Waals surface area contributed by atoms with E-state index in [0.717, 1.165) is 17.0 Å². The Kier molecular flexibility index (Phi) is 3.32. The van der Waals surface area contributed by atoms with Crippen LogP contribution in [0.3, 0.4) is 0 Å². The number of rotatable bonds is 3. The molecule has 20 heavy (non-hydrogen) atoms. The van der Waals surface area contributed by atoms with Crippen molar-refractivity contribution in [3.8, 4) is 11.3 Å². The van der Waals surface area contributed by atoms with Crippen LogP contribution in [0.2, 0.25) is 0 Å². The van der Waals surface area contributed by atoms with E-state index in [1.807, 2.05) is 43.3 Å². The maximum atomic E-state index is 12.4. The van der Waals surface area contributed by atoms with Crippen molar-refractivity contribution >= 4 is 17.2 Å². The highest BCUT2D eigenvalue weighted by atomic mass is 35.5. The van der Waals surface area contributed by atoms with E-state index in [1.165, 1.54) is 4.52 Å². The normalized spacial score (nSPS) is 11.1. The molecule has 1 aromatic carbocycles. The molecule has 0 spiro atoms. The van der Waals surface area contributed by atoms with E-state index in [9.17, 15) is 4.79 Å². The molecule has 0 aliphatic carbocycles. The number of hydrogen-bond acceptors (Lipinski definition) is 2. The lowest BCUT2D eigenvalue weighted by atomic mass is 10.1. The quantitative estimate of drug-likeness (QED) is 0.753. The number of H-pyrrole nitrogens is 1. The largest absolute Gasteiger partial charge is 0.289 e. The van der Waals surface area contributed by atoms with Crippen LogP contribution in [0.15, 0.2) is 41.2 Å². The summed E-state index contributed by atoms with van der Waals surface area (Å²) in [7, 11) is 0. The lowest BCUT2D eigenvalue weighted by molar-refractivity contribution is 0.857. The topological polar surface area (TPSA) is 50.2 Å². The molecule has 0 unspecified atom stereocenters. The van der Waals surface area contributed by atoms with E-state index in [2.05, 4.69) is 10.1 Å². The van der Waals surface area contributed by atoms with Crippen molar-refractivity contribution in [1.29, 1.82) is 0 Å². The van der Waals surface area contributed by atoms with Gasteiger partial charge in [0.2, 0.25) is 0 Å². The minimum Gasteiger partial charge on any atom is -0.289 e. The summed E-state index contributed by atoms with van der Waals surface area (Å²) in [5, 5.41) is 3.10. The third kappa shape index (κ3) is 2.12. The number of halogens is 1. The van der Waals surface area contributed by atoms with E-state index in [4.69, 9.17) is 11.6 Å². The van der Waals surface area contributed by atoms with Crippen molar-refractivity contribution in [2.75, 3.05) is 5.88 Å². The number of benzene rings is 1. The summed E-state index contributed by atoms with van der Waals surface area (Å²) >= 11 is 5.75. The van der Waals surface area contributed by atoms with E-state index in [1.54, 1.807) is 0 Å². The summed E-state index contributed by atoms with van der Waals surface area (Å²) < 4.78 is 1.48. The fourth-order valence-electron chi connectivity index (χ4n) is 2.32. The average molecular weight is 288 g/mol. The van der Waals surface area contributed by atoms with Crippen molar-refractivity contribution < 1.29 is 0 Å². The molecule has 5 heteroatoms. The van der Waals surface area contributed by atoms with Crippen LogP contribution in [0.4, 0.5) is 0 Å². The molecule has 0 saturated carbocycles. The molecule has 0 amide bonds. The Hall–Kier alpha value is -2.07. The van der Waals surface area contributed by atoms with Crippen LogP contribution in [-0.2, 0) is 6.42 Å². The van der Waals surface area contributed by atoms with E-state index >= 15 is 0 Å². The lowest BCUT2D eigenvalue weighted by Crippen LogP contribution is -2.22. The molecule has 0 aliphatic heterocycles. The van der Waals surface area contributed by atoms with Gasteiger partial charge in [0.1, 0.15) is 0 Å². The molecule has 0 aliphatic rings. The molecule has 3 rings (SSSR count). The summed E-state index contributed by atoms with van der Waals surface area (Å²) in [4.78, 5) is 16.9. The van der Waals surface area contributed by atoms with E-state index < -0.39 is 0 Å². The van der Waals surface area contributed by atoms with Gasteiger partial charge in [-0.25, -0.2) is 9.50 Å². The lowest BCUT2D eigenvalue weighted by Gasteiger charge is -2.02. The van der Waals surface area contributed by atoms with Gasteiger partial charge in [0.25, 0.3) is 5.56 Å². The molecular weight excluding hydrogens is 274 g/mol. The third-order valence-electron chi connectivity index (χ3n) is 3.34. The Morgan fingerprint density at radius 1 is 1.30 bits per heavy atom. The first-order valence-electron chi connectivity index (χ1n) is 6.43. The fourth-order valence-corrected chi connectivity index (χ4v) is 2.51. The second kappa shape index (κ2) is 5.13. The molecule has 2 aromatic heterocycles. The number of nitrogens with one attached hydrogen (secondary N) is 1. The minimum atomic E-state index is -0.0738. The first kappa shape index (κ1) is 12.9. The van der Waals surface area contributed by atoms with E-state index in [0.29, 0.717) is 23.5 Å². The van der Waals surface area contributed by atoms with Crippen molar-refractivity contribution in [2.24, 2.45) is 0 Å². The third-order valence-corrected chi connectivity index (χ3v) is 3.53. The molecule has 0 saturated heterocycles. The van der Waals surface area contributed by atoms with Crippen molar-refractivity contribution in [3.63, 3.8) is 0 Å². The van der Waals surface area contributed by atoms with Gasteiger partial charge in [-0.05, 0) is 18.9 Å². The zero-order valence-corrected chi connectivity index (χ0v) is 11.8. The molecule has 0 atom stereocenters. The maximum absolute atomic E-state index is 12.4. The number of fused-ring (bicyclic) bond motifs is 1. The smallest absolute Gasteiger partial charge is 0.276 e. The highest BCUT2D eigenvalue weighted by molar-refractivity contribution is 6.18. The predicted octanol–water partition coefficient (Wildman–Crippen LogP) is 2.78. The molecule has 2 heterocycles. The summed E-state index contributed by atoms with van der Waals surface area (Å²) in [6.07, 6.45) is 0.530. The highest BCUT2D eigenvalue weighted by Crippen LogP contribution is 2.18.